The Bertz CT molecular complexity index is 3060. The van der Waals surface area contributed by atoms with Crippen LogP contribution in [0.5, 0.6) is 0 Å². The second-order valence-electron chi connectivity index (χ2n) is 16.9. The van der Waals surface area contributed by atoms with Crippen LogP contribution >= 0.6 is 0 Å². The summed E-state index contributed by atoms with van der Waals surface area (Å²) in [5.74, 6) is 0. The first-order valence-corrected chi connectivity index (χ1v) is 20.0. The van der Waals surface area contributed by atoms with Gasteiger partial charge in [0.05, 0.1) is 5.58 Å². The van der Waals surface area contributed by atoms with Gasteiger partial charge in [0.25, 0.3) is 0 Å². The van der Waals surface area contributed by atoms with Crippen LogP contribution in [0.2, 0.25) is 0 Å². The zero-order valence-electron chi connectivity index (χ0n) is 39.7. The molecular weight excluding hydrogens is 909 g/mol. The van der Waals surface area contributed by atoms with Crippen LogP contribution < -0.4 is 0 Å². The molecule has 301 valence electrons. The third-order valence-electron chi connectivity index (χ3n) is 10.2. The van der Waals surface area contributed by atoms with Crippen LogP contribution in [-0.2, 0) is 31.9 Å². The van der Waals surface area contributed by atoms with Gasteiger partial charge in [0, 0.05) is 50.3 Å². The second kappa shape index (κ2) is 17.7. The van der Waals surface area contributed by atoms with Crippen molar-refractivity contribution in [3.05, 3.63) is 193 Å². The number of fused-ring (bicyclic) bond motifs is 3. The summed E-state index contributed by atoms with van der Waals surface area (Å²) in [5, 5.41) is 2.19. The van der Waals surface area contributed by atoms with Gasteiger partial charge in [-0.25, -0.2) is 0 Å². The molecule has 3 heterocycles. The van der Waals surface area contributed by atoms with Gasteiger partial charge >= 0.3 is 0 Å². The molecule has 9 aromatic rings. The fourth-order valence-corrected chi connectivity index (χ4v) is 7.24. The molecule has 0 saturated carbocycles. The van der Waals surface area contributed by atoms with E-state index in [1.54, 1.807) is 24.4 Å². The SMILES string of the molecule is CC(C)(C)c1ccnc(-c2[c-]ccc3c2oc2c(-c4ccc(-c5ccccc5)cc4)cccc23)c1.[2H]C([2H])([2H])c1c[c-]c(-c2ccc(C([2H])([2H])C(C)(C)C)cn2)cc1-c1ccccc1.[Ir]. The Hall–Kier alpha value is -5.93. The van der Waals surface area contributed by atoms with E-state index in [0.717, 1.165) is 49.9 Å². The molecule has 0 amide bonds. The Morgan fingerprint density at radius 3 is 1.95 bits per heavy atom. The number of para-hydroxylation sites is 1. The minimum Gasteiger partial charge on any atom is -0.500 e. The molecule has 1 radical (unpaired) electrons. The molecule has 0 unspecified atom stereocenters. The molecule has 60 heavy (non-hydrogen) atoms. The van der Waals surface area contributed by atoms with E-state index in [1.165, 1.54) is 22.8 Å². The van der Waals surface area contributed by atoms with Gasteiger partial charge in [-0.1, -0.05) is 186 Å². The maximum absolute atomic E-state index is 8.39. The summed E-state index contributed by atoms with van der Waals surface area (Å²) in [6.45, 7) is 9.96. The van der Waals surface area contributed by atoms with Crippen molar-refractivity contribution >= 4 is 21.9 Å². The second-order valence-corrected chi connectivity index (χ2v) is 16.9. The molecule has 0 bridgehead atoms. The third kappa shape index (κ3) is 9.42. The largest absolute Gasteiger partial charge is 0.500 e. The number of hydrogen-bond donors (Lipinski definition) is 0. The van der Waals surface area contributed by atoms with Gasteiger partial charge in [-0.15, -0.1) is 47.5 Å². The molecular formula is C56H50IrN2O-2. The molecule has 3 aromatic heterocycles. The normalized spacial score (nSPS) is 13.2. The van der Waals surface area contributed by atoms with E-state index in [-0.39, 0.29) is 31.1 Å². The molecule has 0 N–H and O–H groups in total. The standard InChI is InChI=1S/C33H26NO.C23H24N.Ir/c1-33(2,3)25-19-20-34-30(21-25)29-14-8-13-28-27-12-7-11-26(31(27)35-32(28)29)24-17-15-23(16-18-24)22-9-5-4-6-10-22;1-17-10-12-20(14-21(17)19-8-6-5-7-9-19)22-13-11-18(16-24-22)15-23(2,3)4;/h4-13,15-21H,1-3H3;5-11,13-14,16H,15H2,1-4H3;/q2*-1;/i;1D3,15D2;. The van der Waals surface area contributed by atoms with Gasteiger partial charge in [-0.2, -0.15) is 0 Å². The topological polar surface area (TPSA) is 38.9 Å². The molecule has 9 rings (SSSR count). The minimum absolute atomic E-state index is 0. The van der Waals surface area contributed by atoms with Gasteiger partial charge in [-0.05, 0) is 68.0 Å². The van der Waals surface area contributed by atoms with E-state index in [9.17, 15) is 0 Å². The van der Waals surface area contributed by atoms with E-state index in [0.29, 0.717) is 22.4 Å². The van der Waals surface area contributed by atoms with Crippen molar-refractivity contribution in [2.75, 3.05) is 0 Å². The first-order valence-electron chi connectivity index (χ1n) is 22.5. The van der Waals surface area contributed by atoms with Crippen LogP contribution in [0.1, 0.15) is 65.1 Å². The number of benzene rings is 6. The molecule has 0 saturated heterocycles. The molecule has 0 aliphatic heterocycles. The zero-order chi connectivity index (χ0) is 45.4. The number of pyridine rings is 2. The molecule has 0 aliphatic carbocycles. The van der Waals surface area contributed by atoms with Gasteiger partial charge in [0.15, 0.2) is 0 Å². The molecule has 0 fully saturated rings. The van der Waals surface area contributed by atoms with E-state index < -0.39 is 18.6 Å². The minimum atomic E-state index is -2.25. The molecule has 0 atom stereocenters. The Kier molecular flexibility index (Phi) is 10.6. The fraction of sp³-hybridized carbons (Fsp3) is 0.179. The van der Waals surface area contributed by atoms with Gasteiger partial charge in [0.1, 0.15) is 5.58 Å². The Balaban J connectivity index is 0.000000195. The smallest absolute Gasteiger partial charge is 0.128 e. The summed E-state index contributed by atoms with van der Waals surface area (Å²) in [6.07, 6.45) is 1.90. The Morgan fingerprint density at radius 2 is 1.28 bits per heavy atom. The van der Waals surface area contributed by atoms with Crippen LogP contribution in [-0.4, -0.2) is 9.97 Å². The van der Waals surface area contributed by atoms with Crippen molar-refractivity contribution in [1.82, 2.24) is 9.97 Å². The van der Waals surface area contributed by atoms with E-state index in [1.807, 2.05) is 69.4 Å². The van der Waals surface area contributed by atoms with E-state index in [2.05, 4.69) is 128 Å². The van der Waals surface area contributed by atoms with Crippen LogP contribution in [0.4, 0.5) is 0 Å². The van der Waals surface area contributed by atoms with Crippen LogP contribution in [0.15, 0.2) is 168 Å². The first-order chi connectivity index (χ1) is 30.4. The van der Waals surface area contributed by atoms with E-state index >= 15 is 0 Å². The Morgan fingerprint density at radius 1 is 0.617 bits per heavy atom. The van der Waals surface area contributed by atoms with Crippen LogP contribution in [0, 0.1) is 24.4 Å². The predicted octanol–water partition coefficient (Wildman–Crippen LogP) is 15.2. The van der Waals surface area contributed by atoms with Crippen molar-refractivity contribution in [1.29, 1.82) is 0 Å². The van der Waals surface area contributed by atoms with Crippen molar-refractivity contribution in [2.45, 2.75) is 60.2 Å². The summed E-state index contributed by atoms with van der Waals surface area (Å²) in [6, 6.07) is 56.4. The summed E-state index contributed by atoms with van der Waals surface area (Å²) < 4.78 is 46.9. The average molecular weight is 964 g/mol. The maximum Gasteiger partial charge on any atom is 0.128 e. The Labute approximate surface area is 376 Å². The maximum atomic E-state index is 8.39. The van der Waals surface area contributed by atoms with Gasteiger partial charge < -0.3 is 14.4 Å². The summed E-state index contributed by atoms with van der Waals surface area (Å²) in [7, 11) is 0. The van der Waals surface area contributed by atoms with Crippen molar-refractivity contribution in [3.63, 3.8) is 0 Å². The summed E-state index contributed by atoms with van der Waals surface area (Å²) in [4.78, 5) is 9.11. The molecule has 6 aromatic carbocycles. The zero-order valence-corrected chi connectivity index (χ0v) is 37.1. The molecule has 0 aliphatic rings. The fourth-order valence-electron chi connectivity index (χ4n) is 7.24. The van der Waals surface area contributed by atoms with Crippen molar-refractivity contribution < 1.29 is 31.4 Å². The number of aryl methyl sites for hydroxylation is 1. The number of aromatic nitrogens is 2. The van der Waals surface area contributed by atoms with Gasteiger partial charge in [-0.3, -0.25) is 0 Å². The van der Waals surface area contributed by atoms with Crippen molar-refractivity contribution in [3.8, 4) is 55.9 Å². The molecule has 0 spiro atoms. The first kappa shape index (κ1) is 36.0. The molecule has 3 nitrogen and oxygen atoms in total. The van der Waals surface area contributed by atoms with Crippen LogP contribution in [0.25, 0.3) is 77.8 Å². The van der Waals surface area contributed by atoms with Crippen LogP contribution in [0.3, 0.4) is 0 Å². The number of hydrogen-bond acceptors (Lipinski definition) is 3. The number of nitrogens with zero attached hydrogens (tertiary/aromatic N) is 2. The average Bonchev–Trinajstić information content (AvgIpc) is 3.68. The third-order valence-corrected chi connectivity index (χ3v) is 10.2. The predicted molar refractivity (Wildman–Crippen MR) is 247 cm³/mol. The molecule has 4 heteroatoms. The summed E-state index contributed by atoms with van der Waals surface area (Å²) >= 11 is 0. The summed E-state index contributed by atoms with van der Waals surface area (Å²) in [5.41, 5.74) is 12.3. The monoisotopic (exact) mass is 964 g/mol. The van der Waals surface area contributed by atoms with Crippen molar-refractivity contribution in [2.24, 2.45) is 5.41 Å². The van der Waals surface area contributed by atoms with Gasteiger partial charge in [0.2, 0.25) is 0 Å². The van der Waals surface area contributed by atoms with E-state index in [4.69, 9.17) is 11.3 Å². The number of rotatable bonds is 6. The number of furan rings is 1. The quantitative estimate of drug-likeness (QED) is 0.156.